The lowest BCUT2D eigenvalue weighted by molar-refractivity contribution is 0.0600. The highest BCUT2D eigenvalue weighted by Crippen LogP contribution is 2.41. The molecule has 3 aromatic rings. The molecule has 2 atom stereocenters. The Morgan fingerprint density at radius 1 is 1.15 bits per heavy atom. The number of hydrogen-bond donors (Lipinski definition) is 1. The molecule has 1 fully saturated rings. The van der Waals surface area contributed by atoms with E-state index < -0.39 is 0 Å². The van der Waals surface area contributed by atoms with Gasteiger partial charge in [-0.3, -0.25) is 4.98 Å². The molecule has 8 heteroatoms. The molecule has 1 aliphatic heterocycles. The van der Waals surface area contributed by atoms with Gasteiger partial charge >= 0.3 is 5.97 Å². The minimum absolute atomic E-state index is 0.0761. The molecule has 1 saturated heterocycles. The molecule has 0 spiro atoms. The molecule has 172 valence electrons. The zero-order valence-corrected chi connectivity index (χ0v) is 20.1. The number of nitrogens with one attached hydrogen (secondary N) is 1. The molecule has 3 heterocycles. The predicted octanol–water partition coefficient (Wildman–Crippen LogP) is 3.89. The van der Waals surface area contributed by atoms with Crippen LogP contribution in [-0.2, 0) is 9.47 Å². The second kappa shape index (κ2) is 9.72. The number of aromatic nitrogens is 2. The highest BCUT2D eigenvalue weighted by Gasteiger charge is 2.41. The van der Waals surface area contributed by atoms with Gasteiger partial charge in [0.1, 0.15) is 0 Å². The largest absolute Gasteiger partial charge is 0.465 e. The Morgan fingerprint density at radius 3 is 2.61 bits per heavy atom. The Hall–Kier alpha value is -3.23. The molecule has 0 unspecified atom stereocenters. The molecule has 0 radical (unpaired) electrons. The molecule has 0 aliphatic carbocycles. The Bertz CT molecular complexity index is 1160. The van der Waals surface area contributed by atoms with Gasteiger partial charge in [-0.1, -0.05) is 18.2 Å². The predicted molar refractivity (Wildman–Crippen MR) is 131 cm³/mol. The molecule has 2 aromatic heterocycles. The zero-order chi connectivity index (χ0) is 23.5. The Labute approximate surface area is 199 Å². The van der Waals surface area contributed by atoms with E-state index in [4.69, 9.17) is 21.7 Å². The number of ether oxygens (including phenoxy) is 2. The summed E-state index contributed by atoms with van der Waals surface area (Å²) in [6.45, 7) is 5.32. The number of benzene rings is 1. The average molecular weight is 465 g/mol. The van der Waals surface area contributed by atoms with Crippen molar-refractivity contribution in [3.05, 3.63) is 82.9 Å². The number of thiocarbonyl (C=S) groups is 1. The number of esters is 1. The van der Waals surface area contributed by atoms with Crippen molar-refractivity contribution in [1.82, 2.24) is 19.8 Å². The van der Waals surface area contributed by atoms with Crippen LogP contribution in [0.2, 0.25) is 0 Å². The lowest BCUT2D eigenvalue weighted by Gasteiger charge is -2.28. The fraction of sp³-hybridized carbons (Fsp3) is 0.320. The van der Waals surface area contributed by atoms with Crippen LogP contribution >= 0.6 is 12.2 Å². The van der Waals surface area contributed by atoms with Crippen molar-refractivity contribution in [1.29, 1.82) is 0 Å². The van der Waals surface area contributed by atoms with Crippen molar-refractivity contribution in [3.63, 3.8) is 0 Å². The van der Waals surface area contributed by atoms with Gasteiger partial charge in [0.05, 0.1) is 42.7 Å². The van der Waals surface area contributed by atoms with E-state index in [0.717, 1.165) is 28.3 Å². The summed E-state index contributed by atoms with van der Waals surface area (Å²) in [5, 5.41) is 4.14. The second-order valence-electron chi connectivity index (χ2n) is 7.98. The van der Waals surface area contributed by atoms with Crippen LogP contribution in [-0.4, -0.2) is 52.9 Å². The van der Waals surface area contributed by atoms with Gasteiger partial charge in [-0.25, -0.2) is 4.79 Å². The standard InChI is InChI=1S/C25H28N4O3S/c1-16-15-19(17(2)29(16)21-11-6-5-9-18(21)24(30)32-4)23-22(20-10-7-8-12-26-20)27-25(33)28(23)13-14-31-3/h5-12,15,22-23H,13-14H2,1-4H3,(H,27,33)/t22-,23+/m1/s1. The fourth-order valence-electron chi connectivity index (χ4n) is 4.58. The van der Waals surface area contributed by atoms with Gasteiger partial charge in [0.25, 0.3) is 0 Å². The molecule has 0 bridgehead atoms. The minimum Gasteiger partial charge on any atom is -0.465 e. The quantitative estimate of drug-likeness (QED) is 0.420. The maximum atomic E-state index is 12.5. The number of aryl methyl sites for hydroxylation is 1. The molecular formula is C25H28N4O3S. The van der Waals surface area contributed by atoms with Crippen molar-refractivity contribution in [2.24, 2.45) is 0 Å². The number of methoxy groups -OCH3 is 2. The average Bonchev–Trinajstić information content (AvgIpc) is 3.32. The first-order valence-corrected chi connectivity index (χ1v) is 11.2. The monoisotopic (exact) mass is 464 g/mol. The van der Waals surface area contributed by atoms with Crippen LogP contribution < -0.4 is 5.32 Å². The summed E-state index contributed by atoms with van der Waals surface area (Å²) < 4.78 is 12.5. The summed E-state index contributed by atoms with van der Waals surface area (Å²) in [4.78, 5) is 19.2. The number of nitrogens with zero attached hydrogens (tertiary/aromatic N) is 3. The van der Waals surface area contributed by atoms with Crippen LogP contribution in [0.25, 0.3) is 5.69 Å². The van der Waals surface area contributed by atoms with Gasteiger partial charge in [-0.15, -0.1) is 0 Å². The Morgan fingerprint density at radius 2 is 1.91 bits per heavy atom. The lowest BCUT2D eigenvalue weighted by atomic mass is 9.97. The van der Waals surface area contributed by atoms with Crippen LogP contribution in [0.5, 0.6) is 0 Å². The molecular weight excluding hydrogens is 436 g/mol. The van der Waals surface area contributed by atoms with Crippen molar-refractivity contribution >= 4 is 23.3 Å². The number of hydrogen-bond acceptors (Lipinski definition) is 5. The van der Waals surface area contributed by atoms with E-state index in [2.05, 4.69) is 32.8 Å². The molecule has 0 saturated carbocycles. The van der Waals surface area contributed by atoms with Crippen molar-refractivity contribution in [3.8, 4) is 5.69 Å². The maximum absolute atomic E-state index is 12.5. The number of para-hydroxylation sites is 1. The second-order valence-corrected chi connectivity index (χ2v) is 8.37. The third-order valence-corrected chi connectivity index (χ3v) is 6.43. The highest BCUT2D eigenvalue weighted by atomic mass is 32.1. The highest BCUT2D eigenvalue weighted by molar-refractivity contribution is 7.80. The molecule has 1 N–H and O–H groups in total. The summed E-state index contributed by atoms with van der Waals surface area (Å²) in [6.07, 6.45) is 1.80. The third-order valence-electron chi connectivity index (χ3n) is 6.07. The molecule has 7 nitrogen and oxygen atoms in total. The lowest BCUT2D eigenvalue weighted by Crippen LogP contribution is -2.32. The smallest absolute Gasteiger partial charge is 0.339 e. The van der Waals surface area contributed by atoms with E-state index in [1.54, 1.807) is 19.4 Å². The van der Waals surface area contributed by atoms with Gasteiger partial charge in [0.2, 0.25) is 0 Å². The van der Waals surface area contributed by atoms with E-state index in [0.29, 0.717) is 23.8 Å². The topological polar surface area (TPSA) is 68.6 Å². The van der Waals surface area contributed by atoms with Gasteiger partial charge < -0.3 is 24.3 Å². The normalized spacial score (nSPS) is 17.8. The first-order chi connectivity index (χ1) is 16.0. The molecule has 1 aromatic carbocycles. The van der Waals surface area contributed by atoms with Crippen molar-refractivity contribution in [2.45, 2.75) is 25.9 Å². The number of carbonyl (C=O) groups excluding carboxylic acids is 1. The molecule has 4 rings (SSSR count). The van der Waals surface area contributed by atoms with E-state index in [-0.39, 0.29) is 18.1 Å². The van der Waals surface area contributed by atoms with Gasteiger partial charge in [0, 0.05) is 31.2 Å². The van der Waals surface area contributed by atoms with Crippen molar-refractivity contribution in [2.75, 3.05) is 27.4 Å². The van der Waals surface area contributed by atoms with Gasteiger partial charge in [-0.2, -0.15) is 0 Å². The van der Waals surface area contributed by atoms with Crippen LogP contribution in [0, 0.1) is 13.8 Å². The van der Waals surface area contributed by atoms with E-state index in [1.165, 1.54) is 7.11 Å². The summed E-state index contributed by atoms with van der Waals surface area (Å²) in [6, 6.07) is 15.4. The summed E-state index contributed by atoms with van der Waals surface area (Å²) >= 11 is 5.72. The zero-order valence-electron chi connectivity index (χ0n) is 19.2. The first-order valence-electron chi connectivity index (χ1n) is 10.8. The number of carbonyl (C=O) groups is 1. The Balaban J connectivity index is 1.85. The maximum Gasteiger partial charge on any atom is 0.339 e. The first kappa shape index (κ1) is 22.9. The van der Waals surface area contributed by atoms with E-state index in [1.807, 2.05) is 43.3 Å². The SMILES string of the molecule is COCCN1C(=S)N[C@H](c2ccccn2)[C@@H]1c1cc(C)n(-c2ccccc2C(=O)OC)c1C. The summed E-state index contributed by atoms with van der Waals surface area (Å²) in [5.41, 5.74) is 5.39. The van der Waals surface area contributed by atoms with Crippen LogP contribution in [0.4, 0.5) is 0 Å². The van der Waals surface area contributed by atoms with Gasteiger partial charge in [-0.05, 0) is 62.0 Å². The summed E-state index contributed by atoms with van der Waals surface area (Å²) in [5.74, 6) is -0.364. The van der Waals surface area contributed by atoms with E-state index >= 15 is 0 Å². The molecule has 1 aliphatic rings. The van der Waals surface area contributed by atoms with Crippen LogP contribution in [0.3, 0.4) is 0 Å². The van der Waals surface area contributed by atoms with Crippen LogP contribution in [0.1, 0.15) is 45.1 Å². The number of pyridine rings is 1. The van der Waals surface area contributed by atoms with Gasteiger partial charge in [0.15, 0.2) is 5.11 Å². The Kier molecular flexibility index (Phi) is 6.76. The molecule has 33 heavy (non-hydrogen) atoms. The fourth-order valence-corrected chi connectivity index (χ4v) is 4.92. The third kappa shape index (κ3) is 4.24. The van der Waals surface area contributed by atoms with Crippen molar-refractivity contribution < 1.29 is 14.3 Å². The van der Waals surface area contributed by atoms with Crippen LogP contribution in [0.15, 0.2) is 54.7 Å². The minimum atomic E-state index is -0.364. The molecule has 0 amide bonds. The van der Waals surface area contributed by atoms with E-state index in [9.17, 15) is 4.79 Å². The summed E-state index contributed by atoms with van der Waals surface area (Å²) in [7, 11) is 3.09. The number of rotatable bonds is 7.